The zero-order chi connectivity index (χ0) is 13.2. The summed E-state index contributed by atoms with van der Waals surface area (Å²) in [6.07, 6.45) is 0. The standard InChI is InChI=1S/C13H20ClNO3.ClH/c1-2-18-13-4-3-11(9-12(13)14)10-15-5-7-17-8-6-16;/h3-4,9,15-16H,2,5-8,10H2,1H3;1H. The summed E-state index contributed by atoms with van der Waals surface area (Å²) in [5, 5.41) is 12.4. The summed E-state index contributed by atoms with van der Waals surface area (Å²) in [4.78, 5) is 0. The molecule has 1 rings (SSSR count). The zero-order valence-electron chi connectivity index (χ0n) is 11.0. The summed E-state index contributed by atoms with van der Waals surface area (Å²) >= 11 is 6.08. The Morgan fingerprint density at radius 3 is 2.74 bits per heavy atom. The fourth-order valence-corrected chi connectivity index (χ4v) is 1.73. The molecule has 0 aliphatic heterocycles. The van der Waals surface area contributed by atoms with Gasteiger partial charge < -0.3 is 19.9 Å². The third kappa shape index (κ3) is 7.60. The maximum Gasteiger partial charge on any atom is 0.137 e. The molecule has 0 saturated heterocycles. The summed E-state index contributed by atoms with van der Waals surface area (Å²) in [5.74, 6) is 0.717. The van der Waals surface area contributed by atoms with Gasteiger partial charge in [0, 0.05) is 13.1 Å². The van der Waals surface area contributed by atoms with Gasteiger partial charge in [-0.3, -0.25) is 0 Å². The third-order valence-corrected chi connectivity index (χ3v) is 2.58. The topological polar surface area (TPSA) is 50.7 Å². The highest BCUT2D eigenvalue weighted by Gasteiger charge is 2.02. The molecular weight excluding hydrogens is 289 g/mol. The largest absolute Gasteiger partial charge is 0.492 e. The van der Waals surface area contributed by atoms with E-state index in [0.717, 1.165) is 18.7 Å². The first kappa shape index (κ1) is 18.5. The van der Waals surface area contributed by atoms with Crippen LogP contribution in [0.4, 0.5) is 0 Å². The number of nitrogens with one attached hydrogen (secondary N) is 1. The molecular formula is C13H21Cl2NO3. The molecule has 4 nitrogen and oxygen atoms in total. The summed E-state index contributed by atoms with van der Waals surface area (Å²) in [6, 6.07) is 5.76. The lowest BCUT2D eigenvalue weighted by molar-refractivity contribution is 0.0938. The van der Waals surface area contributed by atoms with Crippen molar-refractivity contribution in [2.45, 2.75) is 13.5 Å². The van der Waals surface area contributed by atoms with Crippen LogP contribution in [-0.2, 0) is 11.3 Å². The van der Waals surface area contributed by atoms with Crippen molar-refractivity contribution in [2.24, 2.45) is 0 Å². The van der Waals surface area contributed by atoms with Crippen LogP contribution in [0.3, 0.4) is 0 Å². The van der Waals surface area contributed by atoms with Crippen molar-refractivity contribution in [1.82, 2.24) is 5.32 Å². The van der Waals surface area contributed by atoms with E-state index in [1.807, 2.05) is 25.1 Å². The van der Waals surface area contributed by atoms with Crippen molar-refractivity contribution in [3.63, 3.8) is 0 Å². The molecule has 2 N–H and O–H groups in total. The average Bonchev–Trinajstić information content (AvgIpc) is 2.37. The molecule has 0 bridgehead atoms. The van der Waals surface area contributed by atoms with Crippen molar-refractivity contribution in [1.29, 1.82) is 0 Å². The van der Waals surface area contributed by atoms with Crippen LogP contribution in [0.15, 0.2) is 18.2 Å². The molecule has 1 aromatic carbocycles. The van der Waals surface area contributed by atoms with Crippen molar-refractivity contribution < 1.29 is 14.6 Å². The number of halogens is 2. The van der Waals surface area contributed by atoms with E-state index in [2.05, 4.69) is 5.32 Å². The predicted molar refractivity (Wildman–Crippen MR) is 79.5 cm³/mol. The number of benzene rings is 1. The lowest BCUT2D eigenvalue weighted by atomic mass is 10.2. The molecule has 0 aliphatic rings. The normalized spacial score (nSPS) is 10.1. The Balaban J connectivity index is 0.00000324. The van der Waals surface area contributed by atoms with Crippen LogP contribution in [-0.4, -0.2) is 38.1 Å². The highest BCUT2D eigenvalue weighted by atomic mass is 35.5. The molecule has 0 heterocycles. The molecule has 0 unspecified atom stereocenters. The highest BCUT2D eigenvalue weighted by molar-refractivity contribution is 6.32. The maximum atomic E-state index is 8.53. The summed E-state index contributed by atoms with van der Waals surface area (Å²) in [7, 11) is 0. The van der Waals surface area contributed by atoms with Crippen molar-refractivity contribution in [3.05, 3.63) is 28.8 Å². The lowest BCUT2D eigenvalue weighted by Crippen LogP contribution is -2.20. The van der Waals surface area contributed by atoms with Crippen LogP contribution in [0, 0.1) is 0 Å². The Morgan fingerprint density at radius 2 is 2.11 bits per heavy atom. The van der Waals surface area contributed by atoms with E-state index in [1.165, 1.54) is 0 Å². The molecule has 0 atom stereocenters. The molecule has 1 aromatic rings. The average molecular weight is 310 g/mol. The van der Waals surface area contributed by atoms with E-state index in [9.17, 15) is 0 Å². The smallest absolute Gasteiger partial charge is 0.137 e. The molecule has 19 heavy (non-hydrogen) atoms. The van der Waals surface area contributed by atoms with E-state index in [4.69, 9.17) is 26.2 Å². The Morgan fingerprint density at radius 1 is 1.32 bits per heavy atom. The minimum atomic E-state index is 0. The van der Waals surface area contributed by atoms with E-state index in [0.29, 0.717) is 30.6 Å². The second kappa shape index (κ2) is 11.3. The first-order valence-electron chi connectivity index (χ1n) is 6.08. The minimum absolute atomic E-state index is 0. The van der Waals surface area contributed by atoms with Gasteiger partial charge in [-0.2, -0.15) is 0 Å². The maximum absolute atomic E-state index is 8.53. The van der Waals surface area contributed by atoms with Crippen LogP contribution >= 0.6 is 24.0 Å². The fourth-order valence-electron chi connectivity index (χ4n) is 1.47. The Hall–Kier alpha value is -0.520. The predicted octanol–water partition coefficient (Wildman–Crippen LogP) is 2.26. The number of ether oxygens (including phenoxy) is 2. The minimum Gasteiger partial charge on any atom is -0.492 e. The van der Waals surface area contributed by atoms with E-state index >= 15 is 0 Å². The van der Waals surface area contributed by atoms with E-state index < -0.39 is 0 Å². The van der Waals surface area contributed by atoms with Crippen LogP contribution in [0.25, 0.3) is 0 Å². The second-order valence-corrected chi connectivity index (χ2v) is 4.12. The molecule has 0 fully saturated rings. The van der Waals surface area contributed by atoms with Crippen molar-refractivity contribution in [3.8, 4) is 5.75 Å². The van der Waals surface area contributed by atoms with Crippen molar-refractivity contribution in [2.75, 3.05) is 33.0 Å². The summed E-state index contributed by atoms with van der Waals surface area (Å²) in [5.41, 5.74) is 1.10. The van der Waals surface area contributed by atoms with Crippen molar-refractivity contribution >= 4 is 24.0 Å². The second-order valence-electron chi connectivity index (χ2n) is 3.71. The van der Waals surface area contributed by atoms with Gasteiger partial charge in [-0.15, -0.1) is 12.4 Å². The van der Waals surface area contributed by atoms with Gasteiger partial charge in [-0.25, -0.2) is 0 Å². The Bertz CT molecular complexity index is 351. The molecule has 0 aliphatic carbocycles. The van der Waals surface area contributed by atoms with Gasteiger partial charge in [-0.05, 0) is 24.6 Å². The monoisotopic (exact) mass is 309 g/mol. The summed E-state index contributed by atoms with van der Waals surface area (Å²) in [6.45, 7) is 5.05. The first-order valence-corrected chi connectivity index (χ1v) is 6.46. The molecule has 0 radical (unpaired) electrons. The molecule has 6 heteroatoms. The number of rotatable bonds is 9. The quantitative estimate of drug-likeness (QED) is 0.687. The van der Waals surface area contributed by atoms with Crippen LogP contribution < -0.4 is 10.1 Å². The van der Waals surface area contributed by atoms with Gasteiger partial charge in [0.2, 0.25) is 0 Å². The Labute approximate surface area is 125 Å². The van der Waals surface area contributed by atoms with Gasteiger partial charge in [0.15, 0.2) is 0 Å². The molecule has 0 spiro atoms. The molecule has 110 valence electrons. The SMILES string of the molecule is CCOc1ccc(CNCCOCCO)cc1Cl.Cl. The first-order chi connectivity index (χ1) is 8.77. The van der Waals surface area contributed by atoms with Gasteiger partial charge in [-0.1, -0.05) is 17.7 Å². The molecule has 0 saturated carbocycles. The van der Waals surface area contributed by atoms with Gasteiger partial charge >= 0.3 is 0 Å². The molecule has 0 amide bonds. The number of hydrogen-bond acceptors (Lipinski definition) is 4. The van der Waals surface area contributed by atoms with Gasteiger partial charge in [0.05, 0.1) is 31.5 Å². The number of hydrogen-bond donors (Lipinski definition) is 2. The van der Waals surface area contributed by atoms with E-state index in [1.54, 1.807) is 0 Å². The third-order valence-electron chi connectivity index (χ3n) is 2.28. The Kier molecular flexibility index (Phi) is 11.0. The molecule has 0 aromatic heterocycles. The van der Waals surface area contributed by atoms with Crippen LogP contribution in [0.2, 0.25) is 5.02 Å². The van der Waals surface area contributed by atoms with E-state index in [-0.39, 0.29) is 19.0 Å². The lowest BCUT2D eigenvalue weighted by Gasteiger charge is -2.09. The van der Waals surface area contributed by atoms with Crippen LogP contribution in [0.1, 0.15) is 12.5 Å². The van der Waals surface area contributed by atoms with Crippen LogP contribution in [0.5, 0.6) is 5.75 Å². The van der Waals surface area contributed by atoms with Gasteiger partial charge in [0.25, 0.3) is 0 Å². The summed E-state index contributed by atoms with van der Waals surface area (Å²) < 4.78 is 10.5. The fraction of sp³-hybridized carbons (Fsp3) is 0.538. The zero-order valence-corrected chi connectivity index (χ0v) is 12.6. The number of aliphatic hydroxyl groups excluding tert-OH is 1. The highest BCUT2D eigenvalue weighted by Crippen LogP contribution is 2.25. The van der Waals surface area contributed by atoms with Gasteiger partial charge in [0.1, 0.15) is 5.75 Å². The number of aliphatic hydroxyl groups is 1.